The van der Waals surface area contributed by atoms with Crippen LogP contribution in [-0.2, 0) is 20.8 Å². The summed E-state index contributed by atoms with van der Waals surface area (Å²) in [7, 11) is 0. The third-order valence-electron chi connectivity index (χ3n) is 3.03. The standard InChI is InChI=1S/C17H21NO5/c1-4-5-15(19)18-14(16(20)21)10-12-6-8-13(9-7-12)23-17(22)11(2)3/h6-9,14H,2,4-5,10H2,1,3H3,(H,18,19)(H,20,21)/t14-/m0/s1. The fourth-order valence-corrected chi connectivity index (χ4v) is 1.82. The van der Waals surface area contributed by atoms with Crippen LogP contribution in [0.3, 0.4) is 0 Å². The summed E-state index contributed by atoms with van der Waals surface area (Å²) >= 11 is 0. The van der Waals surface area contributed by atoms with E-state index >= 15 is 0 Å². The SMILES string of the molecule is C=C(C)C(=O)Oc1ccc(C[C@H](NC(=O)CCC)C(=O)O)cc1. The molecule has 0 radical (unpaired) electrons. The van der Waals surface area contributed by atoms with E-state index in [1.54, 1.807) is 31.2 Å². The fourth-order valence-electron chi connectivity index (χ4n) is 1.82. The van der Waals surface area contributed by atoms with Crippen molar-refractivity contribution in [2.24, 2.45) is 0 Å². The van der Waals surface area contributed by atoms with Gasteiger partial charge in [-0.05, 0) is 31.0 Å². The van der Waals surface area contributed by atoms with E-state index in [1.807, 2.05) is 6.92 Å². The molecule has 124 valence electrons. The molecule has 0 bridgehead atoms. The molecule has 0 spiro atoms. The molecule has 6 heteroatoms. The van der Waals surface area contributed by atoms with E-state index < -0.39 is 18.0 Å². The van der Waals surface area contributed by atoms with Crippen molar-refractivity contribution in [2.75, 3.05) is 0 Å². The lowest BCUT2D eigenvalue weighted by molar-refractivity contribution is -0.141. The number of carboxylic acids is 1. The van der Waals surface area contributed by atoms with Crippen LogP contribution in [0.5, 0.6) is 5.75 Å². The molecule has 0 aliphatic heterocycles. The number of hydrogen-bond acceptors (Lipinski definition) is 4. The molecule has 0 saturated heterocycles. The molecule has 1 atom stereocenters. The zero-order valence-electron chi connectivity index (χ0n) is 13.3. The summed E-state index contributed by atoms with van der Waals surface area (Å²) < 4.78 is 5.06. The largest absolute Gasteiger partial charge is 0.480 e. The predicted molar refractivity (Wildman–Crippen MR) is 85.1 cm³/mol. The van der Waals surface area contributed by atoms with E-state index in [-0.39, 0.29) is 12.3 Å². The van der Waals surface area contributed by atoms with Crippen LogP contribution in [0, 0.1) is 0 Å². The zero-order chi connectivity index (χ0) is 17.4. The van der Waals surface area contributed by atoms with Crippen molar-refractivity contribution in [3.63, 3.8) is 0 Å². The molecule has 6 nitrogen and oxygen atoms in total. The van der Waals surface area contributed by atoms with Gasteiger partial charge in [0.15, 0.2) is 0 Å². The fraction of sp³-hybridized carbons (Fsp3) is 0.353. The molecule has 0 aromatic heterocycles. The molecular weight excluding hydrogens is 298 g/mol. The molecule has 0 fully saturated rings. The number of ether oxygens (including phenoxy) is 1. The van der Waals surface area contributed by atoms with Gasteiger partial charge in [-0.15, -0.1) is 0 Å². The number of amides is 1. The summed E-state index contributed by atoms with van der Waals surface area (Å²) in [5.74, 6) is -1.55. The normalized spacial score (nSPS) is 11.4. The average molecular weight is 319 g/mol. The molecule has 1 rings (SSSR count). The lowest BCUT2D eigenvalue weighted by Crippen LogP contribution is -2.42. The van der Waals surface area contributed by atoms with Crippen molar-refractivity contribution < 1.29 is 24.2 Å². The highest BCUT2D eigenvalue weighted by Gasteiger charge is 2.20. The van der Waals surface area contributed by atoms with Crippen molar-refractivity contribution in [3.05, 3.63) is 42.0 Å². The number of carbonyl (C=O) groups excluding carboxylic acids is 2. The van der Waals surface area contributed by atoms with Crippen LogP contribution in [0.15, 0.2) is 36.4 Å². The van der Waals surface area contributed by atoms with Gasteiger partial charge in [-0.1, -0.05) is 25.6 Å². The van der Waals surface area contributed by atoms with Gasteiger partial charge in [-0.2, -0.15) is 0 Å². The molecular formula is C17H21NO5. The molecule has 0 saturated carbocycles. The topological polar surface area (TPSA) is 92.7 Å². The van der Waals surface area contributed by atoms with Crippen LogP contribution in [-0.4, -0.2) is 29.0 Å². The van der Waals surface area contributed by atoms with Crippen LogP contribution >= 0.6 is 0 Å². The average Bonchev–Trinajstić information content (AvgIpc) is 2.48. The number of benzene rings is 1. The molecule has 0 heterocycles. The Morgan fingerprint density at radius 3 is 2.35 bits per heavy atom. The van der Waals surface area contributed by atoms with E-state index in [1.165, 1.54) is 0 Å². The molecule has 23 heavy (non-hydrogen) atoms. The Bertz CT molecular complexity index is 592. The van der Waals surface area contributed by atoms with Crippen molar-refractivity contribution in [2.45, 2.75) is 39.2 Å². The van der Waals surface area contributed by atoms with Crippen LogP contribution in [0.25, 0.3) is 0 Å². The summed E-state index contributed by atoms with van der Waals surface area (Å²) in [5, 5.41) is 11.7. The minimum absolute atomic E-state index is 0.152. The number of hydrogen-bond donors (Lipinski definition) is 2. The Morgan fingerprint density at radius 1 is 1.26 bits per heavy atom. The molecule has 1 aromatic rings. The Hall–Kier alpha value is -2.63. The first-order valence-electron chi connectivity index (χ1n) is 7.32. The highest BCUT2D eigenvalue weighted by Crippen LogP contribution is 2.15. The molecule has 2 N–H and O–H groups in total. The molecule has 1 aromatic carbocycles. The smallest absolute Gasteiger partial charge is 0.338 e. The molecule has 0 unspecified atom stereocenters. The monoisotopic (exact) mass is 319 g/mol. The summed E-state index contributed by atoms with van der Waals surface area (Å²) in [5.41, 5.74) is 1.00. The number of rotatable bonds is 8. The second kappa shape index (κ2) is 8.73. The molecule has 0 aliphatic rings. The highest BCUT2D eigenvalue weighted by molar-refractivity contribution is 5.88. The minimum atomic E-state index is -1.09. The maximum Gasteiger partial charge on any atom is 0.338 e. The van der Waals surface area contributed by atoms with Crippen molar-refractivity contribution in [3.8, 4) is 5.75 Å². The van der Waals surface area contributed by atoms with E-state index in [0.29, 0.717) is 29.7 Å². The summed E-state index contributed by atoms with van der Waals surface area (Å²) in [6.07, 6.45) is 1.10. The maximum atomic E-state index is 11.5. The van der Waals surface area contributed by atoms with Crippen molar-refractivity contribution >= 4 is 17.8 Å². The quantitative estimate of drug-likeness (QED) is 0.435. The van der Waals surface area contributed by atoms with Gasteiger partial charge in [-0.25, -0.2) is 9.59 Å². The minimum Gasteiger partial charge on any atom is -0.480 e. The van der Waals surface area contributed by atoms with Crippen LogP contribution in [0.2, 0.25) is 0 Å². The Balaban J connectivity index is 2.70. The Morgan fingerprint density at radius 2 is 1.87 bits per heavy atom. The number of esters is 1. The Kier molecular flexibility index (Phi) is 6.99. The second-order valence-corrected chi connectivity index (χ2v) is 5.23. The van der Waals surface area contributed by atoms with E-state index in [9.17, 15) is 19.5 Å². The molecule has 0 aliphatic carbocycles. The zero-order valence-corrected chi connectivity index (χ0v) is 13.3. The van der Waals surface area contributed by atoms with Gasteiger partial charge in [0.25, 0.3) is 0 Å². The van der Waals surface area contributed by atoms with Gasteiger partial charge < -0.3 is 15.2 Å². The number of carboxylic acid groups (broad SMARTS) is 1. The Labute approximate surface area is 135 Å². The second-order valence-electron chi connectivity index (χ2n) is 5.23. The third-order valence-corrected chi connectivity index (χ3v) is 3.03. The first kappa shape index (κ1) is 18.4. The first-order valence-corrected chi connectivity index (χ1v) is 7.32. The van der Waals surface area contributed by atoms with Crippen LogP contribution < -0.4 is 10.1 Å². The number of carbonyl (C=O) groups is 3. The maximum absolute atomic E-state index is 11.5. The summed E-state index contributed by atoms with van der Waals surface area (Å²) in [6, 6.07) is 5.47. The van der Waals surface area contributed by atoms with E-state index in [2.05, 4.69) is 11.9 Å². The predicted octanol–water partition coefficient (Wildman–Crippen LogP) is 2.08. The van der Waals surface area contributed by atoms with Gasteiger partial charge in [0.1, 0.15) is 11.8 Å². The van der Waals surface area contributed by atoms with Gasteiger partial charge in [0.2, 0.25) is 5.91 Å². The van der Waals surface area contributed by atoms with Gasteiger partial charge in [-0.3, -0.25) is 4.79 Å². The first-order chi connectivity index (χ1) is 10.8. The van der Waals surface area contributed by atoms with Crippen LogP contribution in [0.4, 0.5) is 0 Å². The lowest BCUT2D eigenvalue weighted by atomic mass is 10.1. The van der Waals surface area contributed by atoms with Gasteiger partial charge in [0, 0.05) is 18.4 Å². The van der Waals surface area contributed by atoms with E-state index in [0.717, 1.165) is 0 Å². The van der Waals surface area contributed by atoms with Crippen LogP contribution in [0.1, 0.15) is 32.3 Å². The number of nitrogens with one attached hydrogen (secondary N) is 1. The number of aliphatic carboxylic acids is 1. The van der Waals surface area contributed by atoms with E-state index in [4.69, 9.17) is 4.74 Å². The summed E-state index contributed by atoms with van der Waals surface area (Å²) in [4.78, 5) is 34.2. The summed E-state index contributed by atoms with van der Waals surface area (Å²) in [6.45, 7) is 6.89. The van der Waals surface area contributed by atoms with Crippen molar-refractivity contribution in [1.29, 1.82) is 0 Å². The molecule has 1 amide bonds. The van der Waals surface area contributed by atoms with Gasteiger partial charge >= 0.3 is 11.9 Å². The third kappa shape index (κ3) is 6.34. The highest BCUT2D eigenvalue weighted by atomic mass is 16.5. The van der Waals surface area contributed by atoms with Gasteiger partial charge in [0.05, 0.1) is 0 Å². The van der Waals surface area contributed by atoms with Crippen molar-refractivity contribution in [1.82, 2.24) is 5.32 Å². The lowest BCUT2D eigenvalue weighted by Gasteiger charge is -2.14.